The third-order valence-electron chi connectivity index (χ3n) is 5.02. The molecule has 14 heteroatoms. The Hall–Kier alpha value is -2.64. The Balaban J connectivity index is 1.68. The number of hydrogen-bond donors (Lipinski definition) is 1. The van der Waals surface area contributed by atoms with Gasteiger partial charge in [0.05, 0.1) is 23.3 Å². The molecule has 3 rings (SSSR count). The van der Waals surface area contributed by atoms with Crippen molar-refractivity contribution in [2.75, 3.05) is 31.6 Å². The van der Waals surface area contributed by atoms with E-state index in [1.165, 1.54) is 4.90 Å². The van der Waals surface area contributed by atoms with Gasteiger partial charge >= 0.3 is 18.4 Å². The Bertz CT molecular complexity index is 1060. The summed E-state index contributed by atoms with van der Waals surface area (Å²) >= 11 is 5.51. The van der Waals surface area contributed by atoms with E-state index in [4.69, 9.17) is 16.3 Å². The number of halogens is 9. The van der Waals surface area contributed by atoms with Crippen LogP contribution in [0.4, 0.5) is 45.6 Å². The fourth-order valence-corrected chi connectivity index (χ4v) is 3.44. The van der Waals surface area contributed by atoms with Gasteiger partial charge in [-0.2, -0.15) is 26.3 Å². The normalized spacial score (nSPS) is 18.3. The number of morpholine rings is 1. The number of rotatable bonds is 5. The first-order valence-electron chi connectivity index (χ1n) is 9.94. The maximum atomic E-state index is 13.6. The van der Waals surface area contributed by atoms with Crippen LogP contribution in [0.3, 0.4) is 0 Å². The van der Waals surface area contributed by atoms with Crippen molar-refractivity contribution in [3.05, 3.63) is 64.2 Å². The van der Waals surface area contributed by atoms with Crippen molar-refractivity contribution >= 4 is 23.4 Å². The van der Waals surface area contributed by atoms with E-state index in [1.54, 1.807) is 0 Å². The molecule has 5 nitrogen and oxygen atoms in total. The number of carbonyl (C=O) groups is 1. The van der Waals surface area contributed by atoms with Crippen LogP contribution in [-0.2, 0) is 15.7 Å². The molecule has 1 N–H and O–H groups in total. The highest BCUT2D eigenvalue weighted by Gasteiger charge is 2.44. The van der Waals surface area contributed by atoms with E-state index >= 15 is 0 Å². The molecule has 1 amide bonds. The maximum Gasteiger partial charge on any atom is 0.426 e. The summed E-state index contributed by atoms with van der Waals surface area (Å²) in [6, 6.07) is 5.22. The van der Waals surface area contributed by atoms with Gasteiger partial charge in [-0.05, 0) is 35.9 Å². The minimum atomic E-state index is -4.99. The molecule has 2 unspecified atom stereocenters. The van der Waals surface area contributed by atoms with Crippen molar-refractivity contribution in [3.8, 4) is 0 Å². The topological polar surface area (TPSA) is 50.8 Å². The molecule has 1 aliphatic heterocycles. The van der Waals surface area contributed by atoms with E-state index in [9.17, 15) is 39.9 Å². The summed E-state index contributed by atoms with van der Waals surface area (Å²) in [5, 5.41) is 1.70. The lowest BCUT2D eigenvalue weighted by Crippen LogP contribution is -2.48. The molecule has 1 fully saturated rings. The Morgan fingerprint density at radius 2 is 1.83 bits per heavy atom. The van der Waals surface area contributed by atoms with Gasteiger partial charge in [0.1, 0.15) is 11.6 Å². The third kappa shape index (κ3) is 7.18. The number of ether oxygens (including phenoxy) is 2. The van der Waals surface area contributed by atoms with E-state index in [-0.39, 0.29) is 36.0 Å². The molecule has 0 aliphatic carbocycles. The van der Waals surface area contributed by atoms with Crippen LogP contribution in [0, 0.1) is 11.6 Å². The van der Waals surface area contributed by atoms with Crippen LogP contribution < -0.4 is 5.32 Å². The Labute approximate surface area is 198 Å². The molecule has 2 aromatic rings. The number of nitrogens with zero attached hydrogens (tertiary/aromatic N) is 1. The summed E-state index contributed by atoms with van der Waals surface area (Å²) in [6.45, 7) is -1.30. The molecule has 1 saturated heterocycles. The minimum absolute atomic E-state index is 0.0379. The molecule has 2 aromatic carbocycles. The molecule has 35 heavy (non-hydrogen) atoms. The second-order valence-electron chi connectivity index (χ2n) is 7.55. The van der Waals surface area contributed by atoms with Crippen molar-refractivity contribution in [2.24, 2.45) is 0 Å². The number of hydrogen-bond acceptors (Lipinski definition) is 4. The maximum absolute atomic E-state index is 13.6. The number of benzene rings is 2. The van der Waals surface area contributed by atoms with Crippen LogP contribution in [0.5, 0.6) is 0 Å². The van der Waals surface area contributed by atoms with Crippen LogP contribution >= 0.6 is 11.6 Å². The zero-order valence-electron chi connectivity index (χ0n) is 17.5. The second kappa shape index (κ2) is 10.5. The molecule has 192 valence electrons. The first kappa shape index (κ1) is 27.0. The van der Waals surface area contributed by atoms with Gasteiger partial charge in [-0.15, -0.1) is 0 Å². The lowest BCUT2D eigenvalue weighted by Gasteiger charge is -2.35. The van der Waals surface area contributed by atoms with Gasteiger partial charge in [0.25, 0.3) is 0 Å². The zero-order chi connectivity index (χ0) is 26.0. The number of amides is 1. The van der Waals surface area contributed by atoms with Gasteiger partial charge in [0, 0.05) is 25.3 Å². The highest BCUT2D eigenvalue weighted by Crippen LogP contribution is 2.34. The molecule has 2 atom stereocenters. The first-order valence-corrected chi connectivity index (χ1v) is 10.3. The van der Waals surface area contributed by atoms with E-state index in [0.717, 1.165) is 24.3 Å². The quantitative estimate of drug-likeness (QED) is 0.467. The predicted octanol–water partition coefficient (Wildman–Crippen LogP) is 6.19. The summed E-state index contributed by atoms with van der Waals surface area (Å²) in [6.07, 6.45) is -15.2. The van der Waals surface area contributed by atoms with Crippen molar-refractivity contribution in [2.45, 2.75) is 24.6 Å². The number of nitrogens with one attached hydrogen (secondary N) is 1. The van der Waals surface area contributed by atoms with Crippen molar-refractivity contribution in [1.82, 2.24) is 4.90 Å². The smallest absolute Gasteiger partial charge is 0.426 e. The molecule has 0 saturated carbocycles. The molecule has 0 radical (unpaired) electrons. The lowest BCUT2D eigenvalue weighted by molar-refractivity contribution is -0.209. The predicted molar refractivity (Wildman–Crippen MR) is 108 cm³/mol. The monoisotopic (exact) mass is 532 g/mol. The lowest BCUT2D eigenvalue weighted by atomic mass is 10.0. The molecule has 1 aliphatic rings. The largest absolute Gasteiger partial charge is 0.435 e. The summed E-state index contributed by atoms with van der Waals surface area (Å²) in [5.41, 5.74) is -1.79. The van der Waals surface area contributed by atoms with Gasteiger partial charge in [-0.25, -0.2) is 13.6 Å². The van der Waals surface area contributed by atoms with Gasteiger partial charge in [-0.3, -0.25) is 10.2 Å². The van der Waals surface area contributed by atoms with Gasteiger partial charge in [-0.1, -0.05) is 17.7 Å². The van der Waals surface area contributed by atoms with Crippen LogP contribution in [0.25, 0.3) is 0 Å². The van der Waals surface area contributed by atoms with E-state index < -0.39 is 54.4 Å². The second-order valence-corrected chi connectivity index (χ2v) is 7.95. The molecule has 1 heterocycles. The molecule has 0 spiro atoms. The van der Waals surface area contributed by atoms with Crippen molar-refractivity contribution in [1.29, 1.82) is 0 Å². The van der Waals surface area contributed by atoms with Crippen LogP contribution in [0.2, 0.25) is 5.02 Å². The van der Waals surface area contributed by atoms with E-state index in [0.29, 0.717) is 12.1 Å². The molecular weight excluding hydrogens is 516 g/mol. The van der Waals surface area contributed by atoms with Crippen LogP contribution in [0.15, 0.2) is 36.4 Å². The van der Waals surface area contributed by atoms with Gasteiger partial charge in [0.15, 0.2) is 0 Å². The van der Waals surface area contributed by atoms with Crippen LogP contribution in [-0.4, -0.2) is 49.5 Å². The Morgan fingerprint density at radius 1 is 1.11 bits per heavy atom. The SMILES string of the molecule is O=C(Nc1ccc(Cl)c(F)c1)OC(CN1CCOC(c2ccc(F)c(C(F)(F)F)c2)C1)C(F)(F)F. The van der Waals surface area contributed by atoms with E-state index in [2.05, 4.69) is 4.74 Å². The average molecular weight is 533 g/mol. The summed E-state index contributed by atoms with van der Waals surface area (Å²) in [5.74, 6) is -2.41. The summed E-state index contributed by atoms with van der Waals surface area (Å²) in [4.78, 5) is 13.2. The zero-order valence-corrected chi connectivity index (χ0v) is 18.3. The fraction of sp³-hybridized carbons (Fsp3) is 0.381. The van der Waals surface area contributed by atoms with Gasteiger partial charge in [0.2, 0.25) is 6.10 Å². The molecule has 0 bridgehead atoms. The number of carbonyl (C=O) groups excluding carboxylic acids is 1. The minimum Gasteiger partial charge on any atom is -0.435 e. The van der Waals surface area contributed by atoms with Crippen molar-refractivity contribution in [3.63, 3.8) is 0 Å². The van der Waals surface area contributed by atoms with Crippen molar-refractivity contribution < 1.29 is 49.4 Å². The highest BCUT2D eigenvalue weighted by atomic mass is 35.5. The summed E-state index contributed by atoms with van der Waals surface area (Å²) in [7, 11) is 0. The Kier molecular flexibility index (Phi) is 8.12. The Morgan fingerprint density at radius 3 is 2.46 bits per heavy atom. The average Bonchev–Trinajstić information content (AvgIpc) is 2.75. The third-order valence-corrected chi connectivity index (χ3v) is 5.33. The summed E-state index contributed by atoms with van der Waals surface area (Å²) < 4.78 is 116. The number of alkyl halides is 6. The number of anilines is 1. The molecule has 0 aromatic heterocycles. The molecular formula is C21H17ClF8N2O3. The van der Waals surface area contributed by atoms with Crippen LogP contribution in [0.1, 0.15) is 17.2 Å². The fourth-order valence-electron chi connectivity index (χ4n) is 3.32. The van der Waals surface area contributed by atoms with Gasteiger partial charge < -0.3 is 9.47 Å². The highest BCUT2D eigenvalue weighted by molar-refractivity contribution is 6.30. The first-order chi connectivity index (χ1) is 16.2. The van der Waals surface area contributed by atoms with E-state index in [1.807, 2.05) is 5.32 Å². The standard InChI is InChI=1S/C21H17ClF8N2O3/c22-14-3-2-12(8-16(14)24)31-19(33)35-18(21(28,29)30)10-32-5-6-34-17(9-32)11-1-4-15(23)13(7-11)20(25,26)27/h1-4,7-8,17-18H,5-6,9-10H2,(H,31,33).